The zero-order valence-electron chi connectivity index (χ0n) is 20.9. The lowest BCUT2D eigenvalue weighted by molar-refractivity contribution is -0.130. The van der Waals surface area contributed by atoms with Gasteiger partial charge >= 0.3 is 0 Å². The van der Waals surface area contributed by atoms with Crippen LogP contribution in [-0.4, -0.2) is 46.9 Å². The molecule has 0 saturated carbocycles. The molecule has 1 aromatic heterocycles. The van der Waals surface area contributed by atoms with Crippen LogP contribution in [-0.2, 0) is 16.1 Å². The molecule has 196 valence electrons. The molecule has 3 aromatic carbocycles. The van der Waals surface area contributed by atoms with Crippen LogP contribution in [0.25, 0.3) is 23.0 Å². The number of morpholine rings is 1. The van der Waals surface area contributed by atoms with E-state index in [0.717, 1.165) is 16.8 Å². The standard InChI is InChI=1S/C30H24Cl2N4O3/c31-25-9-6-22(28(32)17-25)20-39-27-10-7-21(8-11-27)29-24(19-36(34-29)26-4-2-1-3-5-26)16-23(18-33)30(37)35-12-14-38-15-13-35/h1-11,16-17,19H,12-15,20H2. The molecular weight excluding hydrogens is 535 g/mol. The van der Waals surface area contributed by atoms with Crippen LogP contribution in [0.3, 0.4) is 0 Å². The summed E-state index contributed by atoms with van der Waals surface area (Å²) in [5.41, 5.74) is 3.83. The van der Waals surface area contributed by atoms with Gasteiger partial charge in [-0.25, -0.2) is 4.68 Å². The molecule has 0 N–H and O–H groups in total. The van der Waals surface area contributed by atoms with Gasteiger partial charge in [-0.2, -0.15) is 10.4 Å². The number of nitriles is 1. The van der Waals surface area contributed by atoms with E-state index in [1.54, 1.807) is 27.8 Å². The number of para-hydroxylation sites is 1. The van der Waals surface area contributed by atoms with Crippen molar-refractivity contribution in [3.05, 3.63) is 106 Å². The minimum absolute atomic E-state index is 0.0468. The summed E-state index contributed by atoms with van der Waals surface area (Å²) >= 11 is 12.2. The Morgan fingerprint density at radius 2 is 1.79 bits per heavy atom. The van der Waals surface area contributed by atoms with E-state index in [-0.39, 0.29) is 11.5 Å². The van der Waals surface area contributed by atoms with Crippen molar-refractivity contribution in [2.75, 3.05) is 26.3 Å². The Hall–Kier alpha value is -4.09. The number of hydrogen-bond donors (Lipinski definition) is 0. The highest BCUT2D eigenvalue weighted by Crippen LogP contribution is 2.29. The van der Waals surface area contributed by atoms with E-state index in [1.165, 1.54) is 0 Å². The van der Waals surface area contributed by atoms with Crippen molar-refractivity contribution in [2.45, 2.75) is 6.61 Å². The first-order valence-electron chi connectivity index (χ1n) is 12.3. The lowest BCUT2D eigenvalue weighted by atomic mass is 10.1. The van der Waals surface area contributed by atoms with Gasteiger partial charge in [0.1, 0.15) is 24.0 Å². The lowest BCUT2D eigenvalue weighted by Gasteiger charge is -2.26. The Labute approximate surface area is 236 Å². The number of carbonyl (C=O) groups excluding carboxylic acids is 1. The summed E-state index contributed by atoms with van der Waals surface area (Å²) in [5.74, 6) is 0.341. The molecule has 1 aliphatic rings. The van der Waals surface area contributed by atoms with Gasteiger partial charge in [0.25, 0.3) is 5.91 Å². The molecule has 1 aliphatic heterocycles. The number of rotatable bonds is 7. The zero-order valence-corrected chi connectivity index (χ0v) is 22.4. The van der Waals surface area contributed by atoms with Gasteiger partial charge in [0.15, 0.2) is 0 Å². The largest absolute Gasteiger partial charge is 0.489 e. The number of benzene rings is 3. The van der Waals surface area contributed by atoms with Gasteiger partial charge in [0.2, 0.25) is 0 Å². The van der Waals surface area contributed by atoms with Crippen molar-refractivity contribution in [1.29, 1.82) is 5.26 Å². The third-order valence-electron chi connectivity index (χ3n) is 6.25. The molecule has 1 fully saturated rings. The molecule has 0 aliphatic carbocycles. The maximum Gasteiger partial charge on any atom is 0.264 e. The number of halogens is 2. The summed E-state index contributed by atoms with van der Waals surface area (Å²) in [4.78, 5) is 14.7. The van der Waals surface area contributed by atoms with Gasteiger partial charge < -0.3 is 14.4 Å². The second-order valence-corrected chi connectivity index (χ2v) is 9.68. The molecule has 0 spiro atoms. The third kappa shape index (κ3) is 6.32. The minimum Gasteiger partial charge on any atom is -0.489 e. The van der Waals surface area contributed by atoms with Crippen molar-refractivity contribution in [1.82, 2.24) is 14.7 Å². The van der Waals surface area contributed by atoms with Gasteiger partial charge in [-0.15, -0.1) is 0 Å². The summed E-state index contributed by atoms with van der Waals surface area (Å²) in [6, 6.07) is 24.5. The Bertz CT molecular complexity index is 1540. The normalized spacial score (nSPS) is 13.7. The molecule has 39 heavy (non-hydrogen) atoms. The zero-order chi connectivity index (χ0) is 27.2. The number of carbonyl (C=O) groups is 1. The molecule has 5 rings (SSSR count). The topological polar surface area (TPSA) is 80.4 Å². The second kappa shape index (κ2) is 12.2. The van der Waals surface area contributed by atoms with Crippen molar-refractivity contribution in [3.63, 3.8) is 0 Å². The maximum atomic E-state index is 13.1. The fourth-order valence-corrected chi connectivity index (χ4v) is 4.64. The van der Waals surface area contributed by atoms with Gasteiger partial charge in [-0.1, -0.05) is 47.5 Å². The van der Waals surface area contributed by atoms with Crippen molar-refractivity contribution in [2.24, 2.45) is 0 Å². The summed E-state index contributed by atoms with van der Waals surface area (Å²) < 4.78 is 13.0. The SMILES string of the molecule is N#CC(=Cc1cn(-c2ccccc2)nc1-c1ccc(OCc2ccc(Cl)cc2Cl)cc1)C(=O)N1CCOCC1. The molecule has 1 amide bonds. The van der Waals surface area contributed by atoms with E-state index in [1.807, 2.05) is 66.9 Å². The molecule has 0 radical (unpaired) electrons. The highest BCUT2D eigenvalue weighted by molar-refractivity contribution is 6.35. The predicted molar refractivity (Wildman–Crippen MR) is 151 cm³/mol. The van der Waals surface area contributed by atoms with Crippen LogP contribution in [0.15, 0.2) is 84.6 Å². The quantitative estimate of drug-likeness (QED) is 0.199. The summed E-state index contributed by atoms with van der Waals surface area (Å²) in [5, 5.41) is 15.8. The third-order valence-corrected chi connectivity index (χ3v) is 6.84. The van der Waals surface area contributed by atoms with Crippen LogP contribution in [0.2, 0.25) is 10.0 Å². The summed E-state index contributed by atoms with van der Waals surface area (Å²) in [6.45, 7) is 2.12. The highest BCUT2D eigenvalue weighted by Gasteiger charge is 2.22. The molecule has 0 bridgehead atoms. The van der Waals surface area contributed by atoms with Crippen LogP contribution in [0.5, 0.6) is 5.75 Å². The molecule has 0 atom stereocenters. The molecule has 4 aromatic rings. The molecule has 2 heterocycles. The van der Waals surface area contributed by atoms with Crippen LogP contribution in [0.4, 0.5) is 0 Å². The second-order valence-electron chi connectivity index (χ2n) is 8.84. The molecule has 9 heteroatoms. The first-order chi connectivity index (χ1) is 19.0. The smallest absolute Gasteiger partial charge is 0.264 e. The van der Waals surface area contributed by atoms with E-state index in [9.17, 15) is 10.1 Å². The Balaban J connectivity index is 1.44. The van der Waals surface area contributed by atoms with E-state index in [4.69, 9.17) is 37.8 Å². The maximum absolute atomic E-state index is 13.1. The van der Waals surface area contributed by atoms with Crippen LogP contribution in [0, 0.1) is 11.3 Å². The van der Waals surface area contributed by atoms with E-state index in [2.05, 4.69) is 6.07 Å². The first-order valence-corrected chi connectivity index (χ1v) is 13.1. The van der Waals surface area contributed by atoms with Crippen LogP contribution < -0.4 is 4.74 Å². The lowest BCUT2D eigenvalue weighted by Crippen LogP contribution is -2.41. The number of nitrogens with zero attached hydrogens (tertiary/aromatic N) is 4. The number of aromatic nitrogens is 2. The molecule has 7 nitrogen and oxygen atoms in total. The Morgan fingerprint density at radius 1 is 1.05 bits per heavy atom. The van der Waals surface area contributed by atoms with Crippen LogP contribution in [0.1, 0.15) is 11.1 Å². The molecule has 0 unspecified atom stereocenters. The van der Waals surface area contributed by atoms with Gasteiger partial charge in [0.05, 0.1) is 24.6 Å². The van der Waals surface area contributed by atoms with Gasteiger partial charge in [0, 0.05) is 46.0 Å². The molecular formula is C30H24Cl2N4O3. The van der Waals surface area contributed by atoms with Crippen LogP contribution >= 0.6 is 23.2 Å². The summed E-state index contributed by atoms with van der Waals surface area (Å²) in [6.07, 6.45) is 3.42. The van der Waals surface area contributed by atoms with Crippen molar-refractivity contribution >= 4 is 35.2 Å². The van der Waals surface area contributed by atoms with Crippen molar-refractivity contribution in [3.8, 4) is 28.8 Å². The monoisotopic (exact) mass is 558 g/mol. The van der Waals surface area contributed by atoms with E-state index in [0.29, 0.717) is 60.0 Å². The van der Waals surface area contributed by atoms with Gasteiger partial charge in [-0.3, -0.25) is 4.79 Å². The van der Waals surface area contributed by atoms with Gasteiger partial charge in [-0.05, 0) is 54.6 Å². The highest BCUT2D eigenvalue weighted by atomic mass is 35.5. The minimum atomic E-state index is -0.316. The van der Waals surface area contributed by atoms with E-state index >= 15 is 0 Å². The number of amides is 1. The Morgan fingerprint density at radius 3 is 2.49 bits per heavy atom. The Kier molecular flexibility index (Phi) is 8.28. The van der Waals surface area contributed by atoms with E-state index < -0.39 is 0 Å². The predicted octanol–water partition coefficient (Wildman–Crippen LogP) is 6.19. The fourth-order valence-electron chi connectivity index (χ4n) is 4.17. The number of hydrogen-bond acceptors (Lipinski definition) is 5. The number of ether oxygens (including phenoxy) is 2. The average Bonchev–Trinajstić information content (AvgIpc) is 3.40. The van der Waals surface area contributed by atoms with Crippen molar-refractivity contribution < 1.29 is 14.3 Å². The molecule has 1 saturated heterocycles. The first kappa shape index (κ1) is 26.5. The summed E-state index contributed by atoms with van der Waals surface area (Å²) in [7, 11) is 0. The average molecular weight is 559 g/mol. The fraction of sp³-hybridized carbons (Fsp3) is 0.167.